The Hall–Kier alpha value is -2.19. The summed E-state index contributed by atoms with van der Waals surface area (Å²) in [5.74, 6) is 6.91. The third-order valence-corrected chi connectivity index (χ3v) is 2.97. The van der Waals surface area contributed by atoms with E-state index in [1.807, 2.05) is 44.1 Å². The van der Waals surface area contributed by atoms with Crippen LogP contribution in [0.3, 0.4) is 0 Å². The Morgan fingerprint density at radius 3 is 2.57 bits per heavy atom. The zero-order chi connectivity index (χ0) is 15.2. The Morgan fingerprint density at radius 2 is 1.90 bits per heavy atom. The lowest BCUT2D eigenvalue weighted by Gasteiger charge is -2.30. The molecule has 0 radical (unpaired) electrons. The van der Waals surface area contributed by atoms with E-state index >= 15 is 0 Å². The molecule has 2 rings (SSSR count). The van der Waals surface area contributed by atoms with Gasteiger partial charge in [0, 0.05) is 0 Å². The zero-order valence-corrected chi connectivity index (χ0v) is 12.6. The Labute approximate surface area is 125 Å². The molecule has 1 heterocycles. The first-order valence-electron chi connectivity index (χ1n) is 6.88. The fourth-order valence-corrected chi connectivity index (χ4v) is 1.91. The van der Waals surface area contributed by atoms with Crippen molar-refractivity contribution in [2.45, 2.75) is 19.1 Å². The van der Waals surface area contributed by atoms with E-state index in [-0.39, 0.29) is 12.0 Å². The second-order valence-corrected chi connectivity index (χ2v) is 5.12. The summed E-state index contributed by atoms with van der Waals surface area (Å²) in [6.45, 7) is 2.79. The summed E-state index contributed by atoms with van der Waals surface area (Å²) in [6.07, 6.45) is -0.995. The molecule has 0 saturated carbocycles. The van der Waals surface area contributed by atoms with Gasteiger partial charge in [-0.25, -0.2) is 0 Å². The number of hydrogen-bond acceptors (Lipinski definition) is 4. The Bertz CT molecular complexity index is 560. The summed E-state index contributed by atoms with van der Waals surface area (Å²) in [5, 5.41) is 2.75. The number of amides is 1. The standard InChI is InChI=1S/C16H20N2O3/c1-12-15(16(19)17-10-6-7-11-18(2)3)21-14-9-5-4-8-13(14)20-12/h4-5,8-9,12,15H,10-11H2,1-3H3,(H,17,19)/t12-,15-/m1/s1. The maximum Gasteiger partial charge on any atom is 0.265 e. The molecule has 21 heavy (non-hydrogen) atoms. The van der Waals surface area contributed by atoms with Crippen LogP contribution >= 0.6 is 0 Å². The van der Waals surface area contributed by atoms with Crippen molar-refractivity contribution in [3.05, 3.63) is 24.3 Å². The van der Waals surface area contributed by atoms with Crippen LogP contribution in [0.5, 0.6) is 11.5 Å². The molecule has 0 aliphatic carbocycles. The number of fused-ring (bicyclic) bond motifs is 1. The van der Waals surface area contributed by atoms with Crippen LogP contribution in [0.25, 0.3) is 0 Å². The second-order valence-electron chi connectivity index (χ2n) is 5.12. The Kier molecular flexibility index (Phi) is 5.07. The van der Waals surface area contributed by atoms with Crippen molar-refractivity contribution in [2.24, 2.45) is 0 Å². The first-order chi connectivity index (χ1) is 10.1. The maximum absolute atomic E-state index is 12.1. The molecule has 1 aliphatic heterocycles. The van der Waals surface area contributed by atoms with Crippen molar-refractivity contribution in [1.29, 1.82) is 0 Å². The first kappa shape index (κ1) is 15.2. The van der Waals surface area contributed by atoms with Crippen molar-refractivity contribution < 1.29 is 14.3 Å². The number of para-hydroxylation sites is 2. The van der Waals surface area contributed by atoms with Gasteiger partial charge in [0.1, 0.15) is 6.10 Å². The van der Waals surface area contributed by atoms with Gasteiger partial charge in [0.15, 0.2) is 11.5 Å². The van der Waals surface area contributed by atoms with E-state index in [9.17, 15) is 4.79 Å². The van der Waals surface area contributed by atoms with Gasteiger partial charge in [-0.15, -0.1) is 0 Å². The van der Waals surface area contributed by atoms with Gasteiger partial charge < -0.3 is 14.8 Å². The highest BCUT2D eigenvalue weighted by atomic mass is 16.6. The molecule has 0 unspecified atom stereocenters. The van der Waals surface area contributed by atoms with Crippen LogP contribution in [0.2, 0.25) is 0 Å². The van der Waals surface area contributed by atoms with Gasteiger partial charge in [-0.1, -0.05) is 24.0 Å². The minimum atomic E-state index is -0.657. The third-order valence-electron chi connectivity index (χ3n) is 2.97. The molecule has 5 nitrogen and oxygen atoms in total. The number of rotatable bonds is 3. The third kappa shape index (κ3) is 4.14. The highest BCUT2D eigenvalue weighted by Gasteiger charge is 2.33. The predicted octanol–water partition coefficient (Wildman–Crippen LogP) is 0.896. The molecule has 112 valence electrons. The highest BCUT2D eigenvalue weighted by Crippen LogP contribution is 2.33. The van der Waals surface area contributed by atoms with E-state index in [1.54, 1.807) is 6.07 Å². The minimum absolute atomic E-state index is 0.212. The summed E-state index contributed by atoms with van der Waals surface area (Å²) < 4.78 is 11.4. The molecule has 5 heteroatoms. The molecule has 1 amide bonds. The van der Waals surface area contributed by atoms with E-state index in [0.717, 1.165) is 0 Å². The number of carbonyl (C=O) groups excluding carboxylic acids is 1. The van der Waals surface area contributed by atoms with Crippen LogP contribution < -0.4 is 14.8 Å². The van der Waals surface area contributed by atoms with Crippen LogP contribution in [-0.4, -0.2) is 50.2 Å². The van der Waals surface area contributed by atoms with E-state index < -0.39 is 6.10 Å². The molecule has 1 aliphatic rings. The molecular formula is C16H20N2O3. The largest absolute Gasteiger partial charge is 0.482 e. The molecule has 0 saturated heterocycles. The van der Waals surface area contributed by atoms with E-state index in [4.69, 9.17) is 9.47 Å². The van der Waals surface area contributed by atoms with Gasteiger partial charge >= 0.3 is 0 Å². The van der Waals surface area contributed by atoms with Crippen LogP contribution in [-0.2, 0) is 4.79 Å². The van der Waals surface area contributed by atoms with Crippen molar-refractivity contribution in [1.82, 2.24) is 10.2 Å². The fourth-order valence-electron chi connectivity index (χ4n) is 1.91. The van der Waals surface area contributed by atoms with Gasteiger partial charge in [-0.3, -0.25) is 9.69 Å². The van der Waals surface area contributed by atoms with Gasteiger partial charge in [0.05, 0.1) is 13.1 Å². The molecular weight excluding hydrogens is 268 g/mol. The smallest absolute Gasteiger partial charge is 0.265 e. The lowest BCUT2D eigenvalue weighted by molar-refractivity contribution is -0.133. The number of nitrogens with zero attached hydrogens (tertiary/aromatic N) is 1. The maximum atomic E-state index is 12.1. The van der Waals surface area contributed by atoms with Crippen LogP contribution in [0.15, 0.2) is 24.3 Å². The number of carbonyl (C=O) groups is 1. The monoisotopic (exact) mass is 288 g/mol. The summed E-state index contributed by atoms with van der Waals surface area (Å²) in [6, 6.07) is 7.33. The average Bonchev–Trinajstić information content (AvgIpc) is 2.45. The molecule has 0 aromatic heterocycles. The summed E-state index contributed by atoms with van der Waals surface area (Å²) in [4.78, 5) is 14.1. The van der Waals surface area contributed by atoms with E-state index in [1.165, 1.54) is 0 Å². The number of ether oxygens (including phenoxy) is 2. The van der Waals surface area contributed by atoms with Crippen molar-refractivity contribution in [2.75, 3.05) is 27.2 Å². The molecule has 2 atom stereocenters. The summed E-state index contributed by atoms with van der Waals surface area (Å²) in [7, 11) is 3.89. The first-order valence-corrected chi connectivity index (χ1v) is 6.88. The van der Waals surface area contributed by atoms with Crippen molar-refractivity contribution in [3.8, 4) is 23.3 Å². The topological polar surface area (TPSA) is 50.8 Å². The van der Waals surface area contributed by atoms with Crippen LogP contribution in [0.4, 0.5) is 0 Å². The van der Waals surface area contributed by atoms with Crippen LogP contribution in [0.1, 0.15) is 6.92 Å². The molecule has 0 spiro atoms. The summed E-state index contributed by atoms with van der Waals surface area (Å²) >= 11 is 0. The van der Waals surface area contributed by atoms with E-state index in [2.05, 4.69) is 17.2 Å². The number of benzene rings is 1. The number of nitrogens with one attached hydrogen (secondary N) is 1. The summed E-state index contributed by atoms with van der Waals surface area (Å²) in [5.41, 5.74) is 0. The second kappa shape index (κ2) is 7.00. The quantitative estimate of drug-likeness (QED) is 0.840. The SMILES string of the molecule is C[C@H]1Oc2ccccc2O[C@H]1C(=O)NCC#CCN(C)C. The molecule has 1 aromatic rings. The molecule has 1 aromatic carbocycles. The fraction of sp³-hybridized carbons (Fsp3) is 0.438. The van der Waals surface area contributed by atoms with Gasteiger partial charge in [-0.05, 0) is 33.2 Å². The lowest BCUT2D eigenvalue weighted by Crippen LogP contribution is -2.49. The van der Waals surface area contributed by atoms with Crippen molar-refractivity contribution in [3.63, 3.8) is 0 Å². The molecule has 0 fully saturated rings. The van der Waals surface area contributed by atoms with E-state index in [0.29, 0.717) is 24.6 Å². The van der Waals surface area contributed by atoms with Gasteiger partial charge in [-0.2, -0.15) is 0 Å². The molecule has 0 bridgehead atoms. The number of hydrogen-bond donors (Lipinski definition) is 1. The average molecular weight is 288 g/mol. The van der Waals surface area contributed by atoms with Crippen LogP contribution in [0, 0.1) is 11.8 Å². The van der Waals surface area contributed by atoms with Crippen molar-refractivity contribution >= 4 is 5.91 Å². The molecule has 1 N–H and O–H groups in total. The predicted molar refractivity (Wildman–Crippen MR) is 80.3 cm³/mol. The highest BCUT2D eigenvalue weighted by molar-refractivity contribution is 5.82. The zero-order valence-electron chi connectivity index (χ0n) is 12.6. The minimum Gasteiger partial charge on any atom is -0.482 e. The Morgan fingerprint density at radius 1 is 1.24 bits per heavy atom. The normalized spacial score (nSPS) is 19.6. The van der Waals surface area contributed by atoms with Gasteiger partial charge in [0.25, 0.3) is 5.91 Å². The lowest BCUT2D eigenvalue weighted by atomic mass is 10.1. The Balaban J connectivity index is 1.89. The van der Waals surface area contributed by atoms with Gasteiger partial charge in [0.2, 0.25) is 6.10 Å².